The smallest absolute Gasteiger partial charge is 0.191 e. The molecule has 2 saturated carbocycles. The van der Waals surface area contributed by atoms with E-state index in [9.17, 15) is 8.78 Å². The lowest BCUT2D eigenvalue weighted by Crippen LogP contribution is -2.55. The second-order valence-corrected chi connectivity index (χ2v) is 5.83. The van der Waals surface area contributed by atoms with Gasteiger partial charge in [-0.15, -0.1) is 11.6 Å². The normalized spacial score (nSPS) is 29.3. The average molecular weight is 273 g/mol. The third kappa shape index (κ3) is 1.71. The van der Waals surface area contributed by atoms with Crippen LogP contribution in [0.5, 0.6) is 5.75 Å². The highest BCUT2D eigenvalue weighted by Gasteiger charge is 2.57. The van der Waals surface area contributed by atoms with E-state index in [0.29, 0.717) is 6.42 Å². The molecule has 1 aromatic rings. The van der Waals surface area contributed by atoms with Gasteiger partial charge in [-0.3, -0.25) is 0 Å². The van der Waals surface area contributed by atoms with E-state index < -0.39 is 11.6 Å². The van der Waals surface area contributed by atoms with Crippen molar-refractivity contribution in [2.75, 3.05) is 0 Å². The summed E-state index contributed by atoms with van der Waals surface area (Å²) in [5.74, 6) is -1.53. The molecule has 98 valence electrons. The molecule has 2 aliphatic carbocycles. The second kappa shape index (κ2) is 4.37. The summed E-state index contributed by atoms with van der Waals surface area (Å²) in [4.78, 5) is 0. The molecule has 0 bridgehead atoms. The topological polar surface area (TPSA) is 9.23 Å². The van der Waals surface area contributed by atoms with Crippen LogP contribution in [0.15, 0.2) is 18.2 Å². The molecule has 0 N–H and O–H groups in total. The van der Waals surface area contributed by atoms with Crippen molar-refractivity contribution in [1.29, 1.82) is 0 Å². The highest BCUT2D eigenvalue weighted by molar-refractivity contribution is 6.21. The number of ether oxygens (including phenoxy) is 1. The van der Waals surface area contributed by atoms with Crippen LogP contribution in [-0.4, -0.2) is 11.5 Å². The molecule has 3 rings (SSSR count). The zero-order valence-corrected chi connectivity index (χ0v) is 10.7. The van der Waals surface area contributed by atoms with Gasteiger partial charge in [0.05, 0.1) is 0 Å². The summed E-state index contributed by atoms with van der Waals surface area (Å²) in [6.07, 6.45) is 4.79. The van der Waals surface area contributed by atoms with Gasteiger partial charge in [0.25, 0.3) is 0 Å². The van der Waals surface area contributed by atoms with Crippen molar-refractivity contribution in [1.82, 2.24) is 0 Å². The summed E-state index contributed by atoms with van der Waals surface area (Å²) in [7, 11) is 0. The monoisotopic (exact) mass is 272 g/mol. The first-order chi connectivity index (χ1) is 8.63. The summed E-state index contributed by atoms with van der Waals surface area (Å²) in [5.41, 5.74) is -0.0592. The summed E-state index contributed by atoms with van der Waals surface area (Å²) >= 11 is 6.29. The first kappa shape index (κ1) is 12.2. The molecule has 0 saturated heterocycles. The Balaban J connectivity index is 1.81. The molecule has 18 heavy (non-hydrogen) atoms. The zero-order valence-electron chi connectivity index (χ0n) is 9.96. The van der Waals surface area contributed by atoms with Crippen LogP contribution in [0, 0.1) is 17.0 Å². The largest absolute Gasteiger partial charge is 0.484 e. The van der Waals surface area contributed by atoms with Crippen LogP contribution in [0.4, 0.5) is 8.78 Å². The van der Waals surface area contributed by atoms with Gasteiger partial charge in [-0.25, -0.2) is 8.78 Å². The van der Waals surface area contributed by atoms with Crippen LogP contribution in [0.2, 0.25) is 0 Å². The molecule has 2 atom stereocenters. The van der Waals surface area contributed by atoms with Gasteiger partial charge in [0.2, 0.25) is 0 Å². The number of halogens is 3. The molecule has 1 aromatic carbocycles. The van der Waals surface area contributed by atoms with Crippen molar-refractivity contribution in [3.8, 4) is 5.75 Å². The number of hydrogen-bond donors (Lipinski definition) is 0. The van der Waals surface area contributed by atoms with Gasteiger partial charge in [-0.05, 0) is 25.0 Å². The second-order valence-electron chi connectivity index (χ2n) is 5.30. The molecule has 1 spiro atoms. The average Bonchev–Trinajstić information content (AvgIpc) is 2.84. The quantitative estimate of drug-likeness (QED) is 0.730. The Morgan fingerprint density at radius 3 is 2.33 bits per heavy atom. The third-order valence-corrected chi connectivity index (χ3v) is 5.01. The number of benzene rings is 1. The minimum absolute atomic E-state index is 0.0592. The minimum atomic E-state index is -0.638. The molecule has 0 radical (unpaired) electrons. The van der Waals surface area contributed by atoms with Crippen molar-refractivity contribution in [2.24, 2.45) is 5.41 Å². The first-order valence-corrected chi connectivity index (χ1v) is 6.82. The SMILES string of the molecule is Fc1cccc(F)c1OC1CC(Cl)C12CCCC2. The van der Waals surface area contributed by atoms with E-state index in [2.05, 4.69) is 0 Å². The van der Waals surface area contributed by atoms with E-state index in [1.165, 1.54) is 18.2 Å². The lowest BCUT2D eigenvalue weighted by atomic mass is 9.64. The van der Waals surface area contributed by atoms with E-state index in [-0.39, 0.29) is 22.6 Å². The maximum Gasteiger partial charge on any atom is 0.191 e. The van der Waals surface area contributed by atoms with Crippen molar-refractivity contribution < 1.29 is 13.5 Å². The van der Waals surface area contributed by atoms with Gasteiger partial charge >= 0.3 is 0 Å². The molecule has 4 heteroatoms. The molecule has 0 aliphatic heterocycles. The maximum absolute atomic E-state index is 13.5. The summed E-state index contributed by atoms with van der Waals surface area (Å²) < 4.78 is 32.7. The Labute approximate surface area is 110 Å². The van der Waals surface area contributed by atoms with Gasteiger partial charge in [-0.2, -0.15) is 0 Å². The Morgan fingerprint density at radius 2 is 1.78 bits per heavy atom. The predicted octanol–water partition coefficient (Wildman–Crippen LogP) is 4.28. The van der Waals surface area contributed by atoms with Gasteiger partial charge in [-0.1, -0.05) is 18.9 Å². The lowest BCUT2D eigenvalue weighted by molar-refractivity contribution is -0.0395. The third-order valence-electron chi connectivity index (χ3n) is 4.40. The molecule has 0 amide bonds. The standard InChI is InChI=1S/C14H15ClF2O/c15-11-8-12(14(11)6-1-2-7-14)18-13-9(16)4-3-5-10(13)17/h3-5,11-12H,1-2,6-8H2. The Hall–Kier alpha value is -0.830. The molecule has 0 heterocycles. The Morgan fingerprint density at radius 1 is 1.17 bits per heavy atom. The molecule has 2 fully saturated rings. The van der Waals surface area contributed by atoms with Crippen LogP contribution in [-0.2, 0) is 0 Å². The fourth-order valence-corrected chi connectivity index (χ4v) is 3.79. The van der Waals surface area contributed by atoms with E-state index in [4.69, 9.17) is 16.3 Å². The van der Waals surface area contributed by atoms with Crippen LogP contribution in [0.25, 0.3) is 0 Å². The lowest BCUT2D eigenvalue weighted by Gasteiger charge is -2.50. The maximum atomic E-state index is 13.5. The molecule has 2 unspecified atom stereocenters. The van der Waals surface area contributed by atoms with Gasteiger partial charge < -0.3 is 4.74 Å². The predicted molar refractivity (Wildman–Crippen MR) is 65.9 cm³/mol. The van der Waals surface area contributed by atoms with E-state index in [0.717, 1.165) is 25.7 Å². The van der Waals surface area contributed by atoms with Crippen molar-refractivity contribution >= 4 is 11.6 Å². The number of alkyl halides is 1. The molecule has 1 nitrogen and oxygen atoms in total. The summed E-state index contributed by atoms with van der Waals surface area (Å²) in [5, 5.41) is 0.0832. The van der Waals surface area contributed by atoms with Crippen molar-refractivity contribution in [2.45, 2.75) is 43.6 Å². The fourth-order valence-electron chi connectivity index (χ4n) is 3.27. The first-order valence-electron chi connectivity index (χ1n) is 6.38. The molecule has 2 aliphatic rings. The van der Waals surface area contributed by atoms with Crippen LogP contribution >= 0.6 is 11.6 Å². The number of rotatable bonds is 2. The molecular formula is C14H15ClF2O. The fraction of sp³-hybridized carbons (Fsp3) is 0.571. The van der Waals surface area contributed by atoms with Gasteiger partial charge in [0.1, 0.15) is 6.10 Å². The Kier molecular flexibility index (Phi) is 2.97. The van der Waals surface area contributed by atoms with E-state index >= 15 is 0 Å². The zero-order chi connectivity index (χ0) is 12.8. The van der Waals surface area contributed by atoms with Crippen LogP contribution < -0.4 is 4.74 Å². The van der Waals surface area contributed by atoms with Gasteiger partial charge in [0.15, 0.2) is 17.4 Å². The molecule has 0 aromatic heterocycles. The van der Waals surface area contributed by atoms with Crippen LogP contribution in [0.1, 0.15) is 32.1 Å². The van der Waals surface area contributed by atoms with Gasteiger partial charge in [0, 0.05) is 17.2 Å². The van der Waals surface area contributed by atoms with Crippen LogP contribution in [0.3, 0.4) is 0 Å². The number of para-hydroxylation sites is 1. The number of hydrogen-bond acceptors (Lipinski definition) is 1. The Bertz CT molecular complexity index is 437. The molecular weight excluding hydrogens is 258 g/mol. The van der Waals surface area contributed by atoms with Crippen molar-refractivity contribution in [3.63, 3.8) is 0 Å². The summed E-state index contributed by atoms with van der Waals surface area (Å²) in [6, 6.07) is 3.78. The highest BCUT2D eigenvalue weighted by atomic mass is 35.5. The van der Waals surface area contributed by atoms with E-state index in [1.807, 2.05) is 0 Å². The van der Waals surface area contributed by atoms with E-state index in [1.54, 1.807) is 0 Å². The highest BCUT2D eigenvalue weighted by Crippen LogP contribution is 2.57. The summed E-state index contributed by atoms with van der Waals surface area (Å²) in [6.45, 7) is 0. The van der Waals surface area contributed by atoms with Crippen molar-refractivity contribution in [3.05, 3.63) is 29.8 Å². The minimum Gasteiger partial charge on any atom is -0.484 e.